The quantitative estimate of drug-likeness (QED) is 0.778. The van der Waals surface area contributed by atoms with Gasteiger partial charge in [-0.1, -0.05) is 0 Å². The molecule has 2 aliphatic heterocycles. The van der Waals surface area contributed by atoms with Crippen molar-refractivity contribution in [1.29, 1.82) is 0 Å². The van der Waals surface area contributed by atoms with Crippen molar-refractivity contribution in [2.45, 2.75) is 6.42 Å². The summed E-state index contributed by atoms with van der Waals surface area (Å²) in [5.41, 5.74) is 2.90. The Morgan fingerprint density at radius 1 is 1.19 bits per heavy atom. The van der Waals surface area contributed by atoms with Crippen LogP contribution in [0, 0.1) is 0 Å². The van der Waals surface area contributed by atoms with Gasteiger partial charge in [-0.25, -0.2) is 5.14 Å². The maximum Gasteiger partial charge on any atom is 0.277 e. The summed E-state index contributed by atoms with van der Waals surface area (Å²) >= 11 is 0. The number of fused-ring (bicyclic) bond motifs is 1. The molecule has 0 aliphatic carbocycles. The van der Waals surface area contributed by atoms with E-state index in [2.05, 4.69) is 5.32 Å². The molecular weight excluding hydrogens is 292 g/mol. The monoisotopic (exact) mass is 310 g/mol. The molecule has 0 spiro atoms. The predicted octanol–water partition coefficient (Wildman–Crippen LogP) is -0.384. The average molecular weight is 310 g/mol. The number of piperazine rings is 1. The molecule has 2 aliphatic rings. The predicted molar refractivity (Wildman–Crippen MR) is 79.2 cm³/mol. The Labute approximate surface area is 123 Å². The minimum absolute atomic E-state index is 0.0567. The van der Waals surface area contributed by atoms with E-state index in [9.17, 15) is 13.2 Å². The summed E-state index contributed by atoms with van der Waals surface area (Å²) in [5, 5.41) is 8.35. The zero-order chi connectivity index (χ0) is 15.0. The molecule has 21 heavy (non-hydrogen) atoms. The lowest BCUT2D eigenvalue weighted by Gasteiger charge is -2.33. The molecular formula is C13H18N4O3S. The Kier molecular flexibility index (Phi) is 3.60. The van der Waals surface area contributed by atoms with E-state index in [-0.39, 0.29) is 19.0 Å². The first-order chi connectivity index (χ1) is 9.95. The standard InChI is InChI=1S/C13H18N4O3S/c14-21(19,20)17-7-5-16(6-8-17)13(18)11-1-2-12-10(9-11)3-4-15-12/h1-2,9,15H,3-8H2,(H2,14,19,20). The van der Waals surface area contributed by atoms with Crippen LogP contribution in [0.2, 0.25) is 0 Å². The van der Waals surface area contributed by atoms with Crippen LogP contribution < -0.4 is 10.5 Å². The van der Waals surface area contributed by atoms with Gasteiger partial charge in [0.25, 0.3) is 16.1 Å². The van der Waals surface area contributed by atoms with Crippen LogP contribution in [0.3, 0.4) is 0 Å². The number of hydrogen-bond acceptors (Lipinski definition) is 4. The largest absolute Gasteiger partial charge is 0.384 e. The Hall–Kier alpha value is -1.64. The first-order valence-corrected chi connectivity index (χ1v) is 8.39. The molecule has 2 heterocycles. The molecule has 0 aromatic heterocycles. The molecule has 0 unspecified atom stereocenters. The molecule has 1 aromatic carbocycles. The van der Waals surface area contributed by atoms with Crippen molar-refractivity contribution in [1.82, 2.24) is 9.21 Å². The van der Waals surface area contributed by atoms with Gasteiger partial charge in [-0.2, -0.15) is 12.7 Å². The van der Waals surface area contributed by atoms with Gasteiger partial charge in [0.2, 0.25) is 0 Å². The SMILES string of the molecule is NS(=O)(=O)N1CCN(C(=O)c2ccc3c(c2)CCN3)CC1. The summed E-state index contributed by atoms with van der Waals surface area (Å²) in [5.74, 6) is -0.0567. The summed E-state index contributed by atoms with van der Waals surface area (Å²) in [6.07, 6.45) is 0.926. The molecule has 1 fully saturated rings. The zero-order valence-corrected chi connectivity index (χ0v) is 12.4. The number of nitrogens with one attached hydrogen (secondary N) is 1. The van der Waals surface area contributed by atoms with E-state index in [1.165, 1.54) is 4.31 Å². The minimum atomic E-state index is -3.66. The normalized spacial score (nSPS) is 19.2. The fraction of sp³-hybridized carbons (Fsp3) is 0.462. The van der Waals surface area contributed by atoms with Gasteiger partial charge >= 0.3 is 0 Å². The molecule has 3 rings (SSSR count). The number of hydrogen-bond donors (Lipinski definition) is 2. The molecule has 7 nitrogen and oxygen atoms in total. The van der Waals surface area contributed by atoms with Crippen LogP contribution in [-0.2, 0) is 16.6 Å². The maximum absolute atomic E-state index is 12.5. The second kappa shape index (κ2) is 5.28. The summed E-state index contributed by atoms with van der Waals surface area (Å²) in [6.45, 7) is 2.13. The number of carbonyl (C=O) groups is 1. The smallest absolute Gasteiger partial charge is 0.277 e. The van der Waals surface area contributed by atoms with Crippen molar-refractivity contribution in [3.8, 4) is 0 Å². The number of amides is 1. The van der Waals surface area contributed by atoms with E-state index >= 15 is 0 Å². The Balaban J connectivity index is 1.70. The van der Waals surface area contributed by atoms with Crippen LogP contribution in [0.4, 0.5) is 5.69 Å². The molecule has 1 aromatic rings. The lowest BCUT2D eigenvalue weighted by molar-refractivity contribution is 0.0698. The van der Waals surface area contributed by atoms with Crippen LogP contribution in [-0.4, -0.2) is 56.3 Å². The third-order valence-corrected chi connectivity index (χ3v) is 5.03. The van der Waals surface area contributed by atoms with Gasteiger partial charge in [-0.3, -0.25) is 4.79 Å². The number of rotatable bonds is 2. The molecule has 8 heteroatoms. The Morgan fingerprint density at radius 2 is 1.90 bits per heavy atom. The number of benzene rings is 1. The zero-order valence-electron chi connectivity index (χ0n) is 11.6. The highest BCUT2D eigenvalue weighted by Gasteiger charge is 2.27. The van der Waals surface area contributed by atoms with Gasteiger partial charge in [-0.05, 0) is 30.2 Å². The summed E-state index contributed by atoms with van der Waals surface area (Å²) in [4.78, 5) is 14.1. The molecule has 1 amide bonds. The van der Waals surface area contributed by atoms with Crippen molar-refractivity contribution >= 4 is 21.8 Å². The number of anilines is 1. The lowest BCUT2D eigenvalue weighted by Crippen LogP contribution is -2.52. The highest BCUT2D eigenvalue weighted by Crippen LogP contribution is 2.23. The van der Waals surface area contributed by atoms with Crippen molar-refractivity contribution in [2.24, 2.45) is 5.14 Å². The van der Waals surface area contributed by atoms with E-state index in [4.69, 9.17) is 5.14 Å². The van der Waals surface area contributed by atoms with E-state index < -0.39 is 10.2 Å². The molecule has 0 saturated carbocycles. The van der Waals surface area contributed by atoms with Crippen LogP contribution in [0.5, 0.6) is 0 Å². The van der Waals surface area contributed by atoms with Gasteiger partial charge < -0.3 is 10.2 Å². The Morgan fingerprint density at radius 3 is 2.57 bits per heavy atom. The second-order valence-electron chi connectivity index (χ2n) is 5.28. The third kappa shape index (κ3) is 2.87. The lowest BCUT2D eigenvalue weighted by atomic mass is 10.1. The molecule has 0 radical (unpaired) electrons. The first-order valence-electron chi connectivity index (χ1n) is 6.89. The van der Waals surface area contributed by atoms with Crippen LogP contribution in [0.25, 0.3) is 0 Å². The molecule has 0 bridgehead atoms. The molecule has 114 valence electrons. The topological polar surface area (TPSA) is 95.7 Å². The van der Waals surface area contributed by atoms with Crippen LogP contribution in [0.15, 0.2) is 18.2 Å². The highest BCUT2D eigenvalue weighted by atomic mass is 32.2. The third-order valence-electron chi connectivity index (χ3n) is 3.95. The molecule has 1 saturated heterocycles. The average Bonchev–Trinajstić information content (AvgIpc) is 2.93. The van der Waals surface area contributed by atoms with Gasteiger partial charge in [0, 0.05) is 44.0 Å². The summed E-state index contributed by atoms with van der Waals surface area (Å²) in [7, 11) is -3.66. The van der Waals surface area contributed by atoms with E-state index in [1.54, 1.807) is 4.90 Å². The van der Waals surface area contributed by atoms with Crippen molar-refractivity contribution in [2.75, 3.05) is 38.0 Å². The van der Waals surface area contributed by atoms with Crippen molar-refractivity contribution in [3.63, 3.8) is 0 Å². The molecule has 3 N–H and O–H groups in total. The summed E-state index contributed by atoms with van der Waals surface area (Å²) < 4.78 is 23.7. The fourth-order valence-corrected chi connectivity index (χ4v) is 3.44. The second-order valence-corrected chi connectivity index (χ2v) is 6.83. The Bertz CT molecular complexity index is 666. The van der Waals surface area contributed by atoms with E-state index in [1.807, 2.05) is 18.2 Å². The number of nitrogens with zero attached hydrogens (tertiary/aromatic N) is 2. The van der Waals surface area contributed by atoms with Crippen LogP contribution in [0.1, 0.15) is 15.9 Å². The van der Waals surface area contributed by atoms with Crippen molar-refractivity contribution in [3.05, 3.63) is 29.3 Å². The van der Waals surface area contributed by atoms with Crippen molar-refractivity contribution < 1.29 is 13.2 Å². The molecule has 0 atom stereocenters. The van der Waals surface area contributed by atoms with Crippen LogP contribution >= 0.6 is 0 Å². The van der Waals surface area contributed by atoms with Gasteiger partial charge in [0.1, 0.15) is 0 Å². The number of nitrogens with two attached hydrogens (primary N) is 1. The maximum atomic E-state index is 12.5. The highest BCUT2D eigenvalue weighted by molar-refractivity contribution is 7.86. The fourth-order valence-electron chi connectivity index (χ4n) is 2.77. The van der Waals surface area contributed by atoms with Gasteiger partial charge in [0.05, 0.1) is 0 Å². The first kappa shape index (κ1) is 14.3. The van der Waals surface area contributed by atoms with Gasteiger partial charge in [-0.15, -0.1) is 0 Å². The van der Waals surface area contributed by atoms with Gasteiger partial charge in [0.15, 0.2) is 0 Å². The number of carbonyl (C=O) groups excluding carboxylic acids is 1. The van der Waals surface area contributed by atoms with E-state index in [0.717, 1.165) is 24.2 Å². The van der Waals surface area contributed by atoms with E-state index in [0.29, 0.717) is 18.7 Å². The minimum Gasteiger partial charge on any atom is -0.384 e. The summed E-state index contributed by atoms with van der Waals surface area (Å²) in [6, 6.07) is 5.66.